The fourth-order valence-corrected chi connectivity index (χ4v) is 4.34. The third-order valence-corrected chi connectivity index (χ3v) is 6.08. The van der Waals surface area contributed by atoms with Crippen molar-refractivity contribution in [3.05, 3.63) is 0 Å². The molecule has 0 aromatic carbocycles. The summed E-state index contributed by atoms with van der Waals surface area (Å²) in [7, 11) is -3.50. The molecule has 1 N–H and O–H groups in total. The first-order chi connectivity index (χ1) is 8.99. The first-order valence-corrected chi connectivity index (χ1v) is 8.84. The normalized spacial score (nSPS) is 29.0. The lowest BCUT2D eigenvalue weighted by molar-refractivity contribution is 0.192. The van der Waals surface area contributed by atoms with E-state index in [0.717, 1.165) is 32.1 Å². The number of nitrogens with one attached hydrogen (secondary N) is 1. The monoisotopic (exact) mass is 288 g/mol. The Kier molecular flexibility index (Phi) is 4.71. The fourth-order valence-electron chi connectivity index (χ4n) is 2.91. The van der Waals surface area contributed by atoms with E-state index in [0.29, 0.717) is 31.8 Å². The van der Waals surface area contributed by atoms with Crippen LogP contribution in [-0.4, -0.2) is 37.7 Å². The van der Waals surface area contributed by atoms with Gasteiger partial charge in [-0.05, 0) is 50.9 Å². The number of carbonyl (C=O) groups excluding carboxylic acids is 1. The second-order valence-electron chi connectivity index (χ2n) is 5.88. The molecule has 1 heterocycles. The minimum atomic E-state index is -3.50. The van der Waals surface area contributed by atoms with Crippen molar-refractivity contribution >= 4 is 16.1 Å². The molecule has 0 aromatic rings. The highest BCUT2D eigenvalue weighted by Crippen LogP contribution is 2.27. The molecule has 2 aliphatic rings. The topological polar surface area (TPSA) is 66.5 Å². The van der Waals surface area contributed by atoms with Crippen molar-refractivity contribution < 1.29 is 13.2 Å². The summed E-state index contributed by atoms with van der Waals surface area (Å²) in [4.78, 5) is 13.6. The van der Waals surface area contributed by atoms with Crippen LogP contribution in [0.25, 0.3) is 0 Å². The second-order valence-corrected chi connectivity index (χ2v) is 7.84. The fraction of sp³-hybridized carbons (Fsp3) is 0.923. The molecule has 2 rings (SSSR count). The lowest BCUT2D eigenvalue weighted by atomic mass is 9.91. The zero-order valence-electron chi connectivity index (χ0n) is 11.6. The SMILES string of the molecule is CC1CCC(S(=O)(=O)NC(=O)N2CCCCC2)CC1. The highest BCUT2D eigenvalue weighted by atomic mass is 32.2. The highest BCUT2D eigenvalue weighted by Gasteiger charge is 2.32. The van der Waals surface area contributed by atoms with Gasteiger partial charge in [0.05, 0.1) is 5.25 Å². The van der Waals surface area contributed by atoms with Crippen molar-refractivity contribution in [2.24, 2.45) is 5.92 Å². The Bertz CT molecular complexity index is 408. The van der Waals surface area contributed by atoms with E-state index in [9.17, 15) is 13.2 Å². The number of hydrogen-bond acceptors (Lipinski definition) is 3. The van der Waals surface area contributed by atoms with E-state index in [1.54, 1.807) is 4.90 Å². The molecule has 1 aliphatic carbocycles. The lowest BCUT2D eigenvalue weighted by Crippen LogP contribution is -2.48. The Morgan fingerprint density at radius 1 is 1.05 bits per heavy atom. The second kappa shape index (κ2) is 6.11. The summed E-state index contributed by atoms with van der Waals surface area (Å²) in [5.74, 6) is 0.601. The molecule has 0 aromatic heterocycles. The Labute approximate surface area is 115 Å². The molecule has 0 bridgehead atoms. The summed E-state index contributed by atoms with van der Waals surface area (Å²) < 4.78 is 26.6. The molecule has 0 unspecified atom stereocenters. The van der Waals surface area contributed by atoms with E-state index in [1.165, 1.54) is 0 Å². The first kappa shape index (κ1) is 14.6. The average molecular weight is 288 g/mol. The highest BCUT2D eigenvalue weighted by molar-refractivity contribution is 7.90. The molecule has 19 heavy (non-hydrogen) atoms. The summed E-state index contributed by atoms with van der Waals surface area (Å²) in [6, 6.07) is -0.432. The Hall–Kier alpha value is -0.780. The number of carbonyl (C=O) groups is 1. The van der Waals surface area contributed by atoms with Gasteiger partial charge in [0, 0.05) is 13.1 Å². The minimum absolute atomic E-state index is 0.391. The zero-order chi connectivity index (χ0) is 13.9. The number of piperidine rings is 1. The third-order valence-electron chi connectivity index (χ3n) is 4.27. The van der Waals surface area contributed by atoms with Crippen molar-refractivity contribution in [3.8, 4) is 0 Å². The Morgan fingerprint density at radius 3 is 2.21 bits per heavy atom. The molecule has 110 valence electrons. The van der Waals surface area contributed by atoms with Crippen molar-refractivity contribution in [1.82, 2.24) is 9.62 Å². The molecule has 0 radical (unpaired) electrons. The summed E-state index contributed by atoms with van der Waals surface area (Å²) in [5.41, 5.74) is 0. The van der Waals surface area contributed by atoms with Crippen LogP contribution >= 0.6 is 0 Å². The van der Waals surface area contributed by atoms with Gasteiger partial charge in [0.15, 0.2) is 0 Å². The maximum absolute atomic E-state index is 12.2. The quantitative estimate of drug-likeness (QED) is 0.846. The van der Waals surface area contributed by atoms with Gasteiger partial charge in [-0.3, -0.25) is 0 Å². The van der Waals surface area contributed by atoms with Gasteiger partial charge in [-0.2, -0.15) is 0 Å². The third kappa shape index (κ3) is 3.84. The van der Waals surface area contributed by atoms with Gasteiger partial charge in [0.2, 0.25) is 10.0 Å². The van der Waals surface area contributed by atoms with Crippen LogP contribution in [0.1, 0.15) is 51.9 Å². The van der Waals surface area contributed by atoms with Gasteiger partial charge in [-0.1, -0.05) is 6.92 Å². The smallest absolute Gasteiger partial charge is 0.324 e. The number of hydrogen-bond donors (Lipinski definition) is 1. The molecule has 0 atom stereocenters. The summed E-state index contributed by atoms with van der Waals surface area (Å²) in [6.07, 6.45) is 6.26. The van der Waals surface area contributed by atoms with Gasteiger partial charge in [-0.25, -0.2) is 17.9 Å². The molecule has 1 saturated carbocycles. The van der Waals surface area contributed by atoms with Crippen LogP contribution in [0, 0.1) is 5.92 Å². The van der Waals surface area contributed by atoms with Gasteiger partial charge in [0.1, 0.15) is 0 Å². The van der Waals surface area contributed by atoms with Gasteiger partial charge in [-0.15, -0.1) is 0 Å². The summed E-state index contributed by atoms with van der Waals surface area (Å²) in [5, 5.41) is -0.391. The zero-order valence-corrected chi connectivity index (χ0v) is 12.4. The molecular formula is C13H24N2O3S. The summed E-state index contributed by atoms with van der Waals surface area (Å²) >= 11 is 0. The average Bonchev–Trinajstić information content (AvgIpc) is 2.40. The number of amides is 2. The van der Waals surface area contributed by atoms with Crippen molar-refractivity contribution in [2.45, 2.75) is 57.1 Å². The molecule has 0 spiro atoms. The minimum Gasteiger partial charge on any atom is -0.324 e. The van der Waals surface area contributed by atoms with E-state index in [1.807, 2.05) is 0 Å². The molecular weight excluding hydrogens is 264 g/mol. The number of sulfonamides is 1. The van der Waals surface area contributed by atoms with E-state index < -0.39 is 21.3 Å². The largest absolute Gasteiger partial charge is 0.331 e. The van der Waals surface area contributed by atoms with E-state index in [2.05, 4.69) is 11.6 Å². The van der Waals surface area contributed by atoms with Crippen molar-refractivity contribution in [3.63, 3.8) is 0 Å². The van der Waals surface area contributed by atoms with E-state index in [4.69, 9.17) is 0 Å². The number of urea groups is 1. The standard InChI is InChI=1S/C13H24N2O3S/c1-11-5-7-12(8-6-11)19(17,18)14-13(16)15-9-3-2-4-10-15/h11-12H,2-10H2,1H3,(H,14,16). The maximum Gasteiger partial charge on any atom is 0.331 e. The Balaban J connectivity index is 1.91. The predicted molar refractivity (Wildman–Crippen MR) is 74.3 cm³/mol. The van der Waals surface area contributed by atoms with E-state index >= 15 is 0 Å². The van der Waals surface area contributed by atoms with Crippen molar-refractivity contribution in [1.29, 1.82) is 0 Å². The lowest BCUT2D eigenvalue weighted by Gasteiger charge is -2.29. The number of nitrogens with zero attached hydrogens (tertiary/aromatic N) is 1. The van der Waals surface area contributed by atoms with Crippen LogP contribution in [0.2, 0.25) is 0 Å². The van der Waals surface area contributed by atoms with Crippen LogP contribution in [0.5, 0.6) is 0 Å². The predicted octanol–water partition coefficient (Wildman–Crippen LogP) is 2.09. The molecule has 1 aliphatic heterocycles. The molecule has 2 fully saturated rings. The van der Waals surface area contributed by atoms with Gasteiger partial charge < -0.3 is 4.90 Å². The van der Waals surface area contributed by atoms with Gasteiger partial charge in [0.25, 0.3) is 0 Å². The Morgan fingerprint density at radius 2 is 1.63 bits per heavy atom. The van der Waals surface area contributed by atoms with E-state index in [-0.39, 0.29) is 0 Å². The molecule has 5 nitrogen and oxygen atoms in total. The van der Waals surface area contributed by atoms with Gasteiger partial charge >= 0.3 is 6.03 Å². The van der Waals surface area contributed by atoms with Crippen LogP contribution in [0.15, 0.2) is 0 Å². The summed E-state index contributed by atoms with van der Waals surface area (Å²) in [6.45, 7) is 3.49. The first-order valence-electron chi connectivity index (χ1n) is 7.29. The number of rotatable bonds is 2. The van der Waals surface area contributed by atoms with Crippen LogP contribution < -0.4 is 4.72 Å². The van der Waals surface area contributed by atoms with Crippen LogP contribution in [-0.2, 0) is 10.0 Å². The molecule has 6 heteroatoms. The van der Waals surface area contributed by atoms with Crippen LogP contribution in [0.4, 0.5) is 4.79 Å². The molecule has 1 saturated heterocycles. The maximum atomic E-state index is 12.2. The van der Waals surface area contributed by atoms with Crippen molar-refractivity contribution in [2.75, 3.05) is 13.1 Å². The molecule has 2 amide bonds. The van der Waals surface area contributed by atoms with Crippen LogP contribution in [0.3, 0.4) is 0 Å². The number of likely N-dealkylation sites (tertiary alicyclic amines) is 1.